The van der Waals surface area contributed by atoms with E-state index in [4.69, 9.17) is 4.74 Å². The van der Waals surface area contributed by atoms with Crippen LogP contribution in [0.25, 0.3) is 0 Å². The maximum Gasteiger partial charge on any atom is 0.338 e. The average molecular weight is 403 g/mol. The van der Waals surface area contributed by atoms with Gasteiger partial charge in [-0.25, -0.2) is 9.59 Å². The van der Waals surface area contributed by atoms with Crippen LogP contribution in [-0.4, -0.2) is 53.8 Å². The number of rotatable bonds is 7. The van der Waals surface area contributed by atoms with E-state index in [1.54, 1.807) is 13.8 Å². The van der Waals surface area contributed by atoms with Crippen LogP contribution in [0.5, 0.6) is 0 Å². The Hall–Kier alpha value is -3.23. The molecular weight excluding hydrogens is 378 g/mol. The van der Waals surface area contributed by atoms with Crippen molar-refractivity contribution in [3.8, 4) is 0 Å². The Bertz CT molecular complexity index is 847. The van der Waals surface area contributed by atoms with Crippen molar-refractivity contribution < 1.29 is 28.7 Å². The molecule has 1 aliphatic heterocycles. The van der Waals surface area contributed by atoms with Crippen LogP contribution in [0.2, 0.25) is 0 Å². The summed E-state index contributed by atoms with van der Waals surface area (Å²) in [4.78, 5) is 61.4. The van der Waals surface area contributed by atoms with Crippen LogP contribution in [0.4, 0.5) is 4.79 Å². The van der Waals surface area contributed by atoms with Gasteiger partial charge >= 0.3 is 12.0 Å². The third kappa shape index (κ3) is 5.63. The van der Waals surface area contributed by atoms with Crippen LogP contribution >= 0.6 is 0 Å². The zero-order chi connectivity index (χ0) is 21.7. The smallest absolute Gasteiger partial charge is 0.338 e. The highest BCUT2D eigenvalue weighted by Crippen LogP contribution is 2.25. The molecule has 156 valence electrons. The van der Waals surface area contributed by atoms with Gasteiger partial charge in [-0.05, 0) is 44.4 Å². The number of benzene rings is 1. The lowest BCUT2D eigenvalue weighted by Crippen LogP contribution is -2.44. The van der Waals surface area contributed by atoms with Gasteiger partial charge in [0, 0.05) is 12.6 Å². The van der Waals surface area contributed by atoms with E-state index in [0.29, 0.717) is 18.9 Å². The minimum Gasteiger partial charge on any atom is -0.452 e. The molecule has 0 bridgehead atoms. The number of hydrogen-bond donors (Lipinski definition) is 2. The zero-order valence-corrected chi connectivity index (χ0v) is 16.9. The van der Waals surface area contributed by atoms with Gasteiger partial charge in [0.15, 0.2) is 6.61 Å². The van der Waals surface area contributed by atoms with Gasteiger partial charge in [-0.3, -0.25) is 24.6 Å². The molecule has 9 heteroatoms. The van der Waals surface area contributed by atoms with Crippen LogP contribution in [0.3, 0.4) is 0 Å². The highest BCUT2D eigenvalue weighted by Gasteiger charge is 2.35. The van der Waals surface area contributed by atoms with Crippen LogP contribution < -0.4 is 10.6 Å². The average Bonchev–Trinajstić information content (AvgIpc) is 2.87. The first-order valence-electron chi connectivity index (χ1n) is 9.37. The number of ether oxygens (including phenoxy) is 1. The van der Waals surface area contributed by atoms with E-state index in [1.165, 1.54) is 23.1 Å². The van der Waals surface area contributed by atoms with E-state index in [2.05, 4.69) is 5.32 Å². The Kier molecular flexibility index (Phi) is 7.08. The molecule has 9 nitrogen and oxygen atoms in total. The van der Waals surface area contributed by atoms with Gasteiger partial charge in [0.25, 0.3) is 17.7 Å². The molecular formula is C20H25N3O6. The van der Waals surface area contributed by atoms with Gasteiger partial charge in [0.2, 0.25) is 0 Å². The predicted molar refractivity (Wildman–Crippen MR) is 103 cm³/mol. The van der Waals surface area contributed by atoms with Gasteiger partial charge in [-0.1, -0.05) is 13.8 Å². The normalized spacial score (nSPS) is 13.0. The topological polar surface area (TPSA) is 122 Å². The quantitative estimate of drug-likeness (QED) is 0.528. The van der Waals surface area contributed by atoms with E-state index in [1.807, 2.05) is 19.2 Å². The molecule has 0 spiro atoms. The maximum atomic E-state index is 12.5. The fourth-order valence-electron chi connectivity index (χ4n) is 2.68. The molecule has 0 saturated carbocycles. The molecule has 1 aromatic carbocycles. The lowest BCUT2D eigenvalue weighted by atomic mass is 10.1. The van der Waals surface area contributed by atoms with Gasteiger partial charge in [-0.2, -0.15) is 0 Å². The Morgan fingerprint density at radius 3 is 2.31 bits per heavy atom. The molecule has 0 aliphatic carbocycles. The van der Waals surface area contributed by atoms with Crippen molar-refractivity contribution in [1.82, 2.24) is 15.5 Å². The van der Waals surface area contributed by atoms with Crippen LogP contribution in [0, 0.1) is 5.92 Å². The lowest BCUT2D eigenvalue weighted by Gasteiger charge is -2.14. The van der Waals surface area contributed by atoms with E-state index >= 15 is 0 Å². The number of amides is 5. The number of nitrogens with zero attached hydrogens (tertiary/aromatic N) is 1. The monoisotopic (exact) mass is 403 g/mol. The predicted octanol–water partition coefficient (Wildman–Crippen LogP) is 1.72. The Balaban J connectivity index is 1.99. The third-order valence-corrected chi connectivity index (χ3v) is 4.14. The lowest BCUT2D eigenvalue weighted by molar-refractivity contribution is -0.123. The zero-order valence-electron chi connectivity index (χ0n) is 16.9. The number of urea groups is 1. The maximum absolute atomic E-state index is 12.5. The number of esters is 1. The Morgan fingerprint density at radius 1 is 1.03 bits per heavy atom. The summed E-state index contributed by atoms with van der Waals surface area (Å²) in [5.74, 6) is -2.14. The van der Waals surface area contributed by atoms with Gasteiger partial charge in [-0.15, -0.1) is 0 Å². The second-order valence-electron chi connectivity index (χ2n) is 7.46. The molecule has 2 N–H and O–H groups in total. The molecule has 0 fully saturated rings. The van der Waals surface area contributed by atoms with Crippen molar-refractivity contribution in [2.45, 2.75) is 40.2 Å². The largest absolute Gasteiger partial charge is 0.452 e. The Morgan fingerprint density at radius 2 is 1.69 bits per heavy atom. The number of imide groups is 2. The molecule has 0 aromatic heterocycles. The van der Waals surface area contributed by atoms with Crippen molar-refractivity contribution in [3.05, 3.63) is 34.9 Å². The summed E-state index contributed by atoms with van der Waals surface area (Å²) in [5, 5.41) is 4.50. The summed E-state index contributed by atoms with van der Waals surface area (Å²) in [6.45, 7) is 7.10. The van der Waals surface area contributed by atoms with Gasteiger partial charge in [0.1, 0.15) is 0 Å². The first kappa shape index (κ1) is 22.1. The molecule has 29 heavy (non-hydrogen) atoms. The van der Waals surface area contributed by atoms with Crippen LogP contribution in [-0.2, 0) is 9.53 Å². The summed E-state index contributed by atoms with van der Waals surface area (Å²) < 4.78 is 4.88. The first-order valence-corrected chi connectivity index (χ1v) is 9.37. The number of carbonyl (C=O) groups is 5. The summed E-state index contributed by atoms with van der Waals surface area (Å²) in [5.41, 5.74) is 0.405. The first-order chi connectivity index (χ1) is 13.6. The van der Waals surface area contributed by atoms with E-state index in [0.717, 1.165) is 0 Å². The number of fused-ring (bicyclic) bond motifs is 1. The highest BCUT2D eigenvalue weighted by molar-refractivity contribution is 6.22. The fraction of sp³-hybridized carbons (Fsp3) is 0.450. The summed E-state index contributed by atoms with van der Waals surface area (Å²) >= 11 is 0. The van der Waals surface area contributed by atoms with Crippen molar-refractivity contribution in [2.24, 2.45) is 5.92 Å². The number of hydrogen-bond acceptors (Lipinski definition) is 6. The molecule has 1 heterocycles. The summed E-state index contributed by atoms with van der Waals surface area (Å²) in [6, 6.07) is 3.21. The van der Waals surface area contributed by atoms with E-state index < -0.39 is 30.4 Å². The second kappa shape index (κ2) is 9.31. The SMILES string of the molecule is CC(C)CCN1C(=O)c2ccc(C(=O)OCC(=O)NC(=O)NC(C)C)cc2C1=O. The van der Waals surface area contributed by atoms with Crippen molar-refractivity contribution in [3.63, 3.8) is 0 Å². The summed E-state index contributed by atoms with van der Waals surface area (Å²) in [7, 11) is 0. The van der Waals surface area contributed by atoms with Gasteiger partial charge in [0.05, 0.1) is 16.7 Å². The standard InChI is InChI=1S/C20H25N3O6/c1-11(2)7-8-23-17(25)14-6-5-13(9-15(14)18(23)26)19(27)29-10-16(24)22-20(28)21-12(3)4/h5-6,9,11-12H,7-8,10H2,1-4H3,(H2,21,22,24,28). The molecule has 0 saturated heterocycles. The fourth-order valence-corrected chi connectivity index (χ4v) is 2.68. The molecule has 0 atom stereocenters. The molecule has 5 amide bonds. The number of carbonyl (C=O) groups excluding carboxylic acids is 5. The summed E-state index contributed by atoms with van der Waals surface area (Å²) in [6.07, 6.45) is 0.680. The van der Waals surface area contributed by atoms with Crippen LogP contribution in [0.15, 0.2) is 18.2 Å². The highest BCUT2D eigenvalue weighted by atomic mass is 16.5. The third-order valence-electron chi connectivity index (χ3n) is 4.14. The number of nitrogens with one attached hydrogen (secondary N) is 2. The Labute approximate surface area is 168 Å². The van der Waals surface area contributed by atoms with Crippen LogP contribution in [0.1, 0.15) is 65.2 Å². The van der Waals surface area contributed by atoms with E-state index in [9.17, 15) is 24.0 Å². The van der Waals surface area contributed by atoms with Crippen molar-refractivity contribution >= 4 is 29.7 Å². The molecule has 0 unspecified atom stereocenters. The molecule has 1 aliphatic rings. The molecule has 0 radical (unpaired) electrons. The van der Waals surface area contributed by atoms with Crippen molar-refractivity contribution in [1.29, 1.82) is 0 Å². The minimum atomic E-state index is -0.840. The second-order valence-corrected chi connectivity index (χ2v) is 7.46. The van der Waals surface area contributed by atoms with E-state index in [-0.39, 0.29) is 28.6 Å². The van der Waals surface area contributed by atoms with Crippen molar-refractivity contribution in [2.75, 3.05) is 13.2 Å². The minimum absolute atomic E-state index is 0.0371. The molecule has 2 rings (SSSR count). The van der Waals surface area contributed by atoms with Gasteiger partial charge < -0.3 is 10.1 Å². The molecule has 1 aromatic rings.